The molecule has 0 saturated carbocycles. The predicted molar refractivity (Wildman–Crippen MR) is 214 cm³/mol. The molecule has 0 amide bonds. The van der Waals surface area contributed by atoms with Crippen LogP contribution < -0.4 is 5.30 Å². The third kappa shape index (κ3) is 8.66. The Morgan fingerprint density at radius 3 is 2.00 bits per heavy atom. The van der Waals surface area contributed by atoms with Gasteiger partial charge < -0.3 is 14.9 Å². The van der Waals surface area contributed by atoms with Gasteiger partial charge in [-0.25, -0.2) is 9.67 Å². The molecule has 57 heavy (non-hydrogen) atoms. The van der Waals surface area contributed by atoms with Crippen LogP contribution in [0.5, 0.6) is 0 Å². The first-order chi connectivity index (χ1) is 27.3. The summed E-state index contributed by atoms with van der Waals surface area (Å²) in [6.07, 6.45) is -0.206. The zero-order chi connectivity index (χ0) is 40.4. The van der Waals surface area contributed by atoms with Crippen molar-refractivity contribution in [3.63, 3.8) is 0 Å². The van der Waals surface area contributed by atoms with Crippen molar-refractivity contribution in [2.75, 3.05) is 0 Å². The van der Waals surface area contributed by atoms with Crippen LogP contribution in [-0.2, 0) is 43.1 Å². The van der Waals surface area contributed by atoms with Crippen LogP contribution in [0.4, 0.5) is 9.05 Å². The number of aromatic nitrogens is 4. The van der Waals surface area contributed by atoms with Crippen LogP contribution in [0.15, 0.2) is 127 Å². The Balaban J connectivity index is 1.29. The molecule has 2 unspecified atom stereocenters. The Bertz CT molecular complexity index is 2600. The number of para-hydroxylation sites is 1. The average Bonchev–Trinajstić information content (AvgIpc) is 3.65. The quantitative estimate of drug-likeness (QED) is 0.0853. The molecule has 294 valence electrons. The van der Waals surface area contributed by atoms with Crippen molar-refractivity contribution in [1.82, 2.24) is 20.0 Å². The van der Waals surface area contributed by atoms with Crippen LogP contribution >= 0.6 is 15.2 Å². The van der Waals surface area contributed by atoms with Gasteiger partial charge in [0, 0.05) is 18.2 Å². The first kappa shape index (κ1) is 40.2. The minimum Gasteiger partial charge on any atom is -0.387 e. The normalized spacial score (nSPS) is 14.0. The molecule has 2 atom stereocenters. The molecule has 7 rings (SSSR count). The monoisotopic (exact) mass is 812 g/mol. The summed E-state index contributed by atoms with van der Waals surface area (Å²) in [6.45, 7) is 3.95. The molecule has 0 bridgehead atoms. The van der Waals surface area contributed by atoms with Gasteiger partial charge in [0.1, 0.15) is 5.52 Å². The van der Waals surface area contributed by atoms with E-state index in [9.17, 15) is 33.1 Å². The Morgan fingerprint density at radius 2 is 1.37 bits per heavy atom. The lowest BCUT2D eigenvalue weighted by atomic mass is 9.78. The number of hydrogen-bond donors (Lipinski definition) is 3. The van der Waals surface area contributed by atoms with Crippen molar-refractivity contribution in [1.29, 1.82) is 0 Å². The van der Waals surface area contributed by atoms with E-state index in [-0.39, 0.29) is 16.7 Å². The molecule has 0 saturated heterocycles. The van der Waals surface area contributed by atoms with E-state index in [1.165, 1.54) is 6.07 Å². The fraction of sp³-hybridized carbons (Fsp3) is 0.214. The van der Waals surface area contributed by atoms with Crippen LogP contribution in [0, 0.1) is 5.92 Å². The van der Waals surface area contributed by atoms with Crippen molar-refractivity contribution < 1.29 is 42.5 Å². The third-order valence-corrected chi connectivity index (χ3v) is 12.2. The molecule has 15 heteroatoms. The second-order valence-electron chi connectivity index (χ2n) is 14.7. The fourth-order valence-corrected chi connectivity index (χ4v) is 8.92. The minimum atomic E-state index is -4.78. The summed E-state index contributed by atoms with van der Waals surface area (Å²) in [6, 6.07) is 38.7. The summed E-state index contributed by atoms with van der Waals surface area (Å²) >= 11 is 0. The van der Waals surface area contributed by atoms with Gasteiger partial charge in [-0.15, -0.1) is 14.6 Å². The van der Waals surface area contributed by atoms with E-state index in [2.05, 4.69) is 19.5 Å². The van der Waals surface area contributed by atoms with Crippen LogP contribution in [-0.4, -0.2) is 34.9 Å². The first-order valence-corrected chi connectivity index (χ1v) is 21.6. The zero-order valence-electron chi connectivity index (χ0n) is 31.0. The fourth-order valence-electron chi connectivity index (χ4n) is 7.38. The van der Waals surface area contributed by atoms with Crippen LogP contribution in [0.2, 0.25) is 0 Å². The topological polar surface area (TPSA) is 157 Å². The summed E-state index contributed by atoms with van der Waals surface area (Å²) in [5, 5.41) is 20.2. The molecule has 0 fully saturated rings. The highest BCUT2D eigenvalue weighted by atomic mass is 31.2. The number of benzene rings is 5. The highest BCUT2D eigenvalue weighted by Crippen LogP contribution is 2.52. The lowest BCUT2D eigenvalue weighted by Crippen LogP contribution is -2.40. The largest absolute Gasteiger partial charge is 0.399 e. The van der Waals surface area contributed by atoms with Crippen molar-refractivity contribution >= 4 is 42.4 Å². The number of pyridine rings is 1. The average molecular weight is 813 g/mol. The standard InChI is InChI=1S/C42H40F2N4O7P2/c1-28(2)22-39(49)37-21-20-33-23-34(24-40(41(33)45-37)57(51,52)53)32-18-16-30(17-19-32)26-42(35-8-4-3-5-9-35,48-38-11-7-6-10-36(38)46-47-48)25-29-12-14-31(15-13-29)27-56(50,54-43)55-44/h3-21,23-24,28,39,49H,22,25-27H2,1-2H3,(H2,51,52,53). The van der Waals surface area contributed by atoms with Gasteiger partial charge in [0.15, 0.2) is 0 Å². The van der Waals surface area contributed by atoms with Gasteiger partial charge in [-0.05, 0) is 85.1 Å². The van der Waals surface area contributed by atoms with Gasteiger partial charge in [0.05, 0.1) is 39.8 Å². The van der Waals surface area contributed by atoms with E-state index in [4.69, 9.17) is 5.21 Å². The zero-order valence-corrected chi connectivity index (χ0v) is 32.8. The maximum atomic E-state index is 12.8. The summed E-state index contributed by atoms with van der Waals surface area (Å²) < 4.78 is 59.2. The Kier molecular flexibility index (Phi) is 11.6. The van der Waals surface area contributed by atoms with E-state index in [0.717, 1.165) is 27.8 Å². The number of aliphatic hydroxyl groups excluding tert-OH is 1. The van der Waals surface area contributed by atoms with Crippen LogP contribution in [0.3, 0.4) is 0 Å². The van der Waals surface area contributed by atoms with Gasteiger partial charge in [-0.3, -0.25) is 9.13 Å². The van der Waals surface area contributed by atoms with Gasteiger partial charge in [-0.2, -0.15) is 0 Å². The van der Waals surface area contributed by atoms with Gasteiger partial charge in [-0.1, -0.05) is 116 Å². The second kappa shape index (κ2) is 16.5. The molecule has 0 aliphatic heterocycles. The van der Waals surface area contributed by atoms with Gasteiger partial charge >= 0.3 is 15.2 Å². The number of halogens is 2. The first-order valence-electron chi connectivity index (χ1n) is 18.2. The van der Waals surface area contributed by atoms with E-state index in [1.807, 2.05) is 103 Å². The maximum absolute atomic E-state index is 12.8. The van der Waals surface area contributed by atoms with Crippen molar-refractivity contribution in [3.8, 4) is 11.1 Å². The van der Waals surface area contributed by atoms with Crippen molar-refractivity contribution in [3.05, 3.63) is 155 Å². The molecule has 0 aliphatic rings. The molecule has 2 aromatic heterocycles. The number of hydrogen-bond acceptors (Lipinski definition) is 8. The predicted octanol–water partition coefficient (Wildman–Crippen LogP) is 9.25. The molecular weight excluding hydrogens is 772 g/mol. The highest BCUT2D eigenvalue weighted by Gasteiger charge is 2.38. The minimum absolute atomic E-state index is 0.144. The van der Waals surface area contributed by atoms with Gasteiger partial charge in [0.25, 0.3) is 0 Å². The smallest absolute Gasteiger partial charge is 0.387 e. The van der Waals surface area contributed by atoms with Crippen molar-refractivity contribution in [2.45, 2.75) is 50.9 Å². The Hall–Kier alpha value is -4.97. The second-order valence-corrected chi connectivity index (χ2v) is 18.0. The molecule has 0 aliphatic carbocycles. The number of nitrogens with zero attached hydrogens (tertiary/aromatic N) is 4. The Morgan fingerprint density at radius 1 is 0.754 bits per heavy atom. The maximum Gasteiger partial charge on any atom is 0.399 e. The molecule has 3 N–H and O–H groups in total. The summed E-state index contributed by atoms with van der Waals surface area (Å²) in [4.78, 5) is 25.4. The van der Waals surface area contributed by atoms with E-state index in [1.54, 1.807) is 36.4 Å². The molecule has 0 spiro atoms. The van der Waals surface area contributed by atoms with Crippen molar-refractivity contribution in [2.24, 2.45) is 5.92 Å². The summed E-state index contributed by atoms with van der Waals surface area (Å²) in [7, 11) is -9.37. The lowest BCUT2D eigenvalue weighted by Gasteiger charge is -2.36. The molecule has 0 radical (unpaired) electrons. The molecule has 11 nitrogen and oxygen atoms in total. The molecule has 5 aromatic carbocycles. The molecular formula is C42H40F2N4O7P2. The molecule has 7 aromatic rings. The van der Waals surface area contributed by atoms with E-state index < -0.39 is 33.0 Å². The number of fused-ring (bicyclic) bond motifs is 2. The van der Waals surface area contributed by atoms with Crippen LogP contribution in [0.25, 0.3) is 33.1 Å². The highest BCUT2D eigenvalue weighted by molar-refractivity contribution is 7.60. The molecule has 2 heterocycles. The van der Waals surface area contributed by atoms with Crippen LogP contribution in [0.1, 0.15) is 54.3 Å². The lowest BCUT2D eigenvalue weighted by molar-refractivity contribution is -0.0881. The SMILES string of the molecule is CC(C)CC(O)c1ccc2cc(-c3ccc(CC(Cc4ccc(CP(=O)(OF)OF)cc4)(c4ccccc4)n4nnc5ccccc54)cc3)cc(P(=O)(O)O)c2n1. The Labute approximate surface area is 327 Å². The summed E-state index contributed by atoms with van der Waals surface area (Å²) in [5.74, 6) is 0.196. The number of rotatable bonds is 15. The van der Waals surface area contributed by atoms with Gasteiger partial charge in [0.2, 0.25) is 0 Å². The summed E-state index contributed by atoms with van der Waals surface area (Å²) in [5.41, 5.74) is 5.46. The van der Waals surface area contributed by atoms with E-state index >= 15 is 0 Å². The number of aliphatic hydroxyl groups is 1. The van der Waals surface area contributed by atoms with E-state index in [0.29, 0.717) is 47.0 Å². The third-order valence-electron chi connectivity index (χ3n) is 10.1.